The van der Waals surface area contributed by atoms with Crippen LogP contribution < -0.4 is 25.4 Å². The lowest BCUT2D eigenvalue weighted by molar-refractivity contribution is -0.115. The summed E-state index contributed by atoms with van der Waals surface area (Å²) in [5.74, 6) is 0.204. The van der Waals surface area contributed by atoms with Crippen molar-refractivity contribution < 1.29 is 23.9 Å². The zero-order valence-corrected chi connectivity index (χ0v) is 27.7. The predicted octanol–water partition coefficient (Wildman–Crippen LogP) is 7.62. The van der Waals surface area contributed by atoms with Crippen LogP contribution in [0.25, 0.3) is 16.3 Å². The van der Waals surface area contributed by atoms with E-state index in [2.05, 4.69) is 20.9 Å². The molecule has 0 spiro atoms. The molecule has 0 fully saturated rings. The highest BCUT2D eigenvalue weighted by Crippen LogP contribution is 2.31. The molecule has 0 saturated carbocycles. The van der Waals surface area contributed by atoms with Crippen molar-refractivity contribution in [3.05, 3.63) is 114 Å². The molecule has 0 aliphatic heterocycles. The smallest absolute Gasteiger partial charge is 0.272 e. The first-order valence-corrected chi connectivity index (χ1v) is 16.7. The molecule has 47 heavy (non-hydrogen) atoms. The van der Waals surface area contributed by atoms with Gasteiger partial charge in [0, 0.05) is 21.7 Å². The average Bonchev–Trinajstić information content (AvgIpc) is 3.47. The summed E-state index contributed by atoms with van der Waals surface area (Å²) in [5, 5.41) is 8.61. The number of thiazole rings is 1. The number of para-hydroxylation sites is 1. The lowest BCUT2D eigenvalue weighted by atomic mass is 10.1. The van der Waals surface area contributed by atoms with Crippen LogP contribution in [-0.4, -0.2) is 41.2 Å². The second-order valence-electron chi connectivity index (χ2n) is 10.2. The largest absolute Gasteiger partial charge is 0.494 e. The van der Waals surface area contributed by atoms with E-state index in [9.17, 15) is 14.4 Å². The van der Waals surface area contributed by atoms with Crippen molar-refractivity contribution in [1.29, 1.82) is 0 Å². The number of rotatable bonds is 13. The van der Waals surface area contributed by atoms with Crippen LogP contribution >= 0.6 is 23.1 Å². The molecular weight excluding hydrogens is 633 g/mol. The number of carbonyl (C=O) groups excluding carboxylic acids is 3. The number of nitrogens with one attached hydrogen (secondary N) is 3. The topological polar surface area (TPSA) is 119 Å². The van der Waals surface area contributed by atoms with Crippen LogP contribution in [-0.2, 0) is 9.59 Å². The number of fused-ring (bicyclic) bond motifs is 1. The van der Waals surface area contributed by atoms with E-state index >= 15 is 0 Å². The lowest BCUT2D eigenvalue weighted by Gasteiger charge is -2.14. The Bertz CT molecular complexity index is 1910. The van der Waals surface area contributed by atoms with E-state index in [1.165, 1.54) is 23.1 Å². The van der Waals surface area contributed by atoms with Gasteiger partial charge in [-0.3, -0.25) is 14.4 Å². The molecule has 0 saturated heterocycles. The van der Waals surface area contributed by atoms with Gasteiger partial charge >= 0.3 is 0 Å². The van der Waals surface area contributed by atoms with E-state index in [1.807, 2.05) is 69.3 Å². The zero-order valence-electron chi connectivity index (χ0n) is 26.1. The van der Waals surface area contributed by atoms with E-state index in [4.69, 9.17) is 9.47 Å². The SMILES string of the molecule is CCOc1ccc2nc(NC(=O)C(C)Sc3cccc(NC(=O)/C(=C\c4ccccc4OCC)NC(=O)c4ccccc4)c3)sc2c1. The van der Waals surface area contributed by atoms with Gasteiger partial charge in [-0.25, -0.2) is 4.98 Å². The van der Waals surface area contributed by atoms with Crippen molar-refractivity contribution in [3.63, 3.8) is 0 Å². The van der Waals surface area contributed by atoms with Crippen LogP contribution in [0.4, 0.5) is 10.8 Å². The van der Waals surface area contributed by atoms with Gasteiger partial charge in [0.2, 0.25) is 5.91 Å². The Labute approximate surface area is 281 Å². The predicted molar refractivity (Wildman–Crippen MR) is 189 cm³/mol. The molecule has 3 amide bonds. The molecule has 11 heteroatoms. The number of ether oxygens (including phenoxy) is 2. The van der Waals surface area contributed by atoms with E-state index in [0.29, 0.717) is 40.9 Å². The van der Waals surface area contributed by atoms with Gasteiger partial charge in [-0.15, -0.1) is 11.8 Å². The van der Waals surface area contributed by atoms with Crippen molar-refractivity contribution >= 4 is 67.9 Å². The highest BCUT2D eigenvalue weighted by molar-refractivity contribution is 8.00. The lowest BCUT2D eigenvalue weighted by Crippen LogP contribution is -2.30. The molecule has 4 aromatic carbocycles. The van der Waals surface area contributed by atoms with Crippen molar-refractivity contribution in [2.75, 3.05) is 23.8 Å². The number of carbonyl (C=O) groups is 3. The van der Waals surface area contributed by atoms with Crippen molar-refractivity contribution in [3.8, 4) is 11.5 Å². The van der Waals surface area contributed by atoms with E-state index < -0.39 is 17.1 Å². The molecule has 0 radical (unpaired) electrons. The van der Waals surface area contributed by atoms with Crippen molar-refractivity contribution in [2.45, 2.75) is 30.9 Å². The van der Waals surface area contributed by atoms with E-state index in [1.54, 1.807) is 54.6 Å². The van der Waals surface area contributed by atoms with Crippen LogP contribution in [0.5, 0.6) is 11.5 Å². The van der Waals surface area contributed by atoms with Gasteiger partial charge < -0.3 is 25.4 Å². The van der Waals surface area contributed by atoms with Gasteiger partial charge in [0.25, 0.3) is 11.8 Å². The molecule has 9 nitrogen and oxygen atoms in total. The molecular formula is C36H34N4O5S2. The summed E-state index contributed by atoms with van der Waals surface area (Å²) in [6.45, 7) is 6.62. The third kappa shape index (κ3) is 8.99. The first-order chi connectivity index (χ1) is 22.8. The van der Waals surface area contributed by atoms with Gasteiger partial charge in [0.05, 0.1) is 28.7 Å². The Morgan fingerprint density at radius 3 is 2.43 bits per heavy atom. The Hall–Kier alpha value is -5.13. The number of anilines is 2. The minimum absolute atomic E-state index is 0.0426. The molecule has 1 heterocycles. The van der Waals surface area contributed by atoms with Crippen LogP contribution in [0, 0.1) is 0 Å². The molecule has 0 aliphatic rings. The quantitative estimate of drug-likeness (QED) is 0.0874. The highest BCUT2D eigenvalue weighted by atomic mass is 32.2. The Morgan fingerprint density at radius 1 is 0.872 bits per heavy atom. The summed E-state index contributed by atoms with van der Waals surface area (Å²) >= 11 is 2.73. The summed E-state index contributed by atoms with van der Waals surface area (Å²) in [7, 11) is 0. The molecule has 3 N–H and O–H groups in total. The number of thioether (sulfide) groups is 1. The maximum absolute atomic E-state index is 13.6. The molecule has 1 unspecified atom stereocenters. The van der Waals surface area contributed by atoms with Gasteiger partial charge in [0.1, 0.15) is 17.2 Å². The summed E-state index contributed by atoms with van der Waals surface area (Å²) in [6.07, 6.45) is 1.59. The zero-order chi connectivity index (χ0) is 33.2. The van der Waals surface area contributed by atoms with Crippen LogP contribution in [0.2, 0.25) is 0 Å². The third-order valence-corrected chi connectivity index (χ3v) is 8.75. The third-order valence-electron chi connectivity index (χ3n) is 6.72. The molecule has 0 bridgehead atoms. The fraction of sp³-hybridized carbons (Fsp3) is 0.167. The Morgan fingerprint density at radius 2 is 1.64 bits per heavy atom. The Balaban J connectivity index is 1.29. The van der Waals surface area contributed by atoms with Crippen molar-refractivity contribution in [1.82, 2.24) is 10.3 Å². The molecule has 240 valence electrons. The van der Waals surface area contributed by atoms with Crippen molar-refractivity contribution in [2.24, 2.45) is 0 Å². The number of aromatic nitrogens is 1. The fourth-order valence-corrected chi connectivity index (χ4v) is 6.33. The van der Waals surface area contributed by atoms with Gasteiger partial charge in [-0.1, -0.05) is 53.8 Å². The van der Waals surface area contributed by atoms with Crippen LogP contribution in [0.15, 0.2) is 108 Å². The average molecular weight is 667 g/mol. The number of benzene rings is 4. The molecule has 5 aromatic rings. The van der Waals surface area contributed by atoms with E-state index in [-0.39, 0.29) is 11.6 Å². The minimum atomic E-state index is -0.517. The summed E-state index contributed by atoms with van der Waals surface area (Å²) in [4.78, 5) is 45.0. The van der Waals surface area contributed by atoms with E-state index in [0.717, 1.165) is 20.9 Å². The summed E-state index contributed by atoms with van der Waals surface area (Å²) < 4.78 is 12.2. The second kappa shape index (κ2) is 15.9. The number of hydrogen-bond donors (Lipinski definition) is 3. The molecule has 5 rings (SSSR count). The minimum Gasteiger partial charge on any atom is -0.494 e. The maximum atomic E-state index is 13.6. The second-order valence-corrected chi connectivity index (χ2v) is 12.6. The van der Waals surface area contributed by atoms with Gasteiger partial charge in [-0.2, -0.15) is 0 Å². The standard InChI is InChI=1S/C36H34N4O5S2/c1-4-44-27-18-19-29-32(22-27)47-36(39-29)40-33(41)23(3)46-28-16-11-15-26(21-28)37-35(43)30(38-34(42)24-12-7-6-8-13-24)20-25-14-9-10-17-31(25)45-5-2/h6-23H,4-5H2,1-3H3,(H,37,43)(H,38,42)(H,39,40,41)/b30-20+. The van der Waals surface area contributed by atoms with Crippen LogP contribution in [0.1, 0.15) is 36.7 Å². The van der Waals surface area contributed by atoms with Crippen LogP contribution in [0.3, 0.4) is 0 Å². The molecule has 1 aromatic heterocycles. The number of amides is 3. The summed E-state index contributed by atoms with van der Waals surface area (Å²) in [6, 6.07) is 28.8. The molecule has 1 atom stereocenters. The van der Waals surface area contributed by atoms with Gasteiger partial charge in [-0.05, 0) is 81.4 Å². The fourth-order valence-electron chi connectivity index (χ4n) is 4.51. The number of hydrogen-bond acceptors (Lipinski definition) is 8. The highest BCUT2D eigenvalue weighted by Gasteiger charge is 2.19. The van der Waals surface area contributed by atoms with Gasteiger partial charge in [0.15, 0.2) is 5.13 Å². The normalized spacial score (nSPS) is 11.9. The first-order valence-electron chi connectivity index (χ1n) is 15.0. The maximum Gasteiger partial charge on any atom is 0.272 e. The number of nitrogens with zero attached hydrogens (tertiary/aromatic N) is 1. The monoisotopic (exact) mass is 666 g/mol. The summed E-state index contributed by atoms with van der Waals surface area (Å²) in [5.41, 5.74) is 2.38. The first kappa shape index (κ1) is 33.2. The molecule has 0 aliphatic carbocycles. The Kier molecular flexibility index (Phi) is 11.3.